The van der Waals surface area contributed by atoms with Gasteiger partial charge in [0, 0.05) is 42.8 Å². The predicted octanol–water partition coefficient (Wildman–Crippen LogP) is 2.56. The minimum Gasteiger partial charge on any atom is -0.358 e. The van der Waals surface area contributed by atoms with Crippen molar-refractivity contribution < 1.29 is 4.79 Å². The van der Waals surface area contributed by atoms with Gasteiger partial charge in [0.2, 0.25) is 0 Å². The molecule has 3 rings (SSSR count). The van der Waals surface area contributed by atoms with Crippen LogP contribution in [0, 0.1) is 13.8 Å². The van der Waals surface area contributed by atoms with E-state index in [4.69, 9.17) is 0 Å². The summed E-state index contributed by atoms with van der Waals surface area (Å²) >= 11 is 0. The SMILES string of the molecule is CCN1CCN(C(=O)c2c(C)[nH]c3cccc(C)c23)CC1. The number of nitrogens with one attached hydrogen (secondary N) is 1. The van der Waals surface area contributed by atoms with Crippen LogP contribution in [0.1, 0.15) is 28.5 Å². The maximum absolute atomic E-state index is 12.9. The molecule has 0 spiro atoms. The fourth-order valence-corrected chi connectivity index (χ4v) is 3.25. The van der Waals surface area contributed by atoms with Crippen LogP contribution in [0.25, 0.3) is 10.9 Å². The molecule has 1 saturated heterocycles. The van der Waals surface area contributed by atoms with Crippen LogP contribution in [0.2, 0.25) is 0 Å². The van der Waals surface area contributed by atoms with Crippen molar-refractivity contribution in [3.8, 4) is 0 Å². The Bertz CT molecular complexity index is 666. The van der Waals surface area contributed by atoms with Crippen LogP contribution in [-0.2, 0) is 0 Å². The number of aryl methyl sites for hydroxylation is 2. The van der Waals surface area contributed by atoms with Gasteiger partial charge in [0.15, 0.2) is 0 Å². The molecule has 1 fully saturated rings. The largest absolute Gasteiger partial charge is 0.358 e. The second kappa shape index (κ2) is 5.53. The van der Waals surface area contributed by atoms with Crippen molar-refractivity contribution >= 4 is 16.8 Å². The minimum atomic E-state index is 0.170. The molecule has 1 aliphatic rings. The molecule has 4 heteroatoms. The summed E-state index contributed by atoms with van der Waals surface area (Å²) in [7, 11) is 0. The molecule has 1 N–H and O–H groups in total. The van der Waals surface area contributed by atoms with Gasteiger partial charge in [0.25, 0.3) is 5.91 Å². The Balaban J connectivity index is 1.94. The average molecular weight is 285 g/mol. The van der Waals surface area contributed by atoms with Gasteiger partial charge in [-0.25, -0.2) is 0 Å². The van der Waals surface area contributed by atoms with E-state index in [-0.39, 0.29) is 5.91 Å². The van der Waals surface area contributed by atoms with Crippen LogP contribution in [0.5, 0.6) is 0 Å². The lowest BCUT2D eigenvalue weighted by molar-refractivity contribution is 0.0644. The van der Waals surface area contributed by atoms with Crippen LogP contribution in [-0.4, -0.2) is 53.4 Å². The zero-order valence-electron chi connectivity index (χ0n) is 13.1. The maximum atomic E-state index is 12.9. The average Bonchev–Trinajstić information content (AvgIpc) is 2.84. The number of fused-ring (bicyclic) bond motifs is 1. The number of carbonyl (C=O) groups is 1. The summed E-state index contributed by atoms with van der Waals surface area (Å²) in [5.74, 6) is 0.170. The molecule has 0 atom stereocenters. The number of rotatable bonds is 2. The van der Waals surface area contributed by atoms with E-state index >= 15 is 0 Å². The van der Waals surface area contributed by atoms with E-state index in [0.29, 0.717) is 0 Å². The van der Waals surface area contributed by atoms with Crippen LogP contribution < -0.4 is 0 Å². The molecule has 21 heavy (non-hydrogen) atoms. The second-order valence-electron chi connectivity index (χ2n) is 5.85. The summed E-state index contributed by atoms with van der Waals surface area (Å²) in [5.41, 5.74) is 4.05. The first kappa shape index (κ1) is 14.1. The molecule has 2 aromatic rings. The van der Waals surface area contributed by atoms with Gasteiger partial charge < -0.3 is 14.8 Å². The van der Waals surface area contributed by atoms with Gasteiger partial charge in [-0.3, -0.25) is 4.79 Å². The van der Waals surface area contributed by atoms with Crippen molar-refractivity contribution in [1.82, 2.24) is 14.8 Å². The van der Waals surface area contributed by atoms with E-state index in [1.807, 2.05) is 24.0 Å². The molecule has 1 aromatic heterocycles. The van der Waals surface area contributed by atoms with Crippen molar-refractivity contribution in [3.63, 3.8) is 0 Å². The first-order valence-electron chi connectivity index (χ1n) is 7.71. The highest BCUT2D eigenvalue weighted by atomic mass is 16.2. The van der Waals surface area contributed by atoms with E-state index in [2.05, 4.69) is 29.8 Å². The number of nitrogens with zero attached hydrogens (tertiary/aromatic N) is 2. The number of H-pyrrole nitrogens is 1. The summed E-state index contributed by atoms with van der Waals surface area (Å²) in [6.07, 6.45) is 0. The third kappa shape index (κ3) is 2.44. The van der Waals surface area contributed by atoms with Crippen molar-refractivity contribution in [2.24, 2.45) is 0 Å². The third-order valence-electron chi connectivity index (χ3n) is 4.54. The van der Waals surface area contributed by atoms with Crippen molar-refractivity contribution in [3.05, 3.63) is 35.0 Å². The highest BCUT2D eigenvalue weighted by molar-refractivity contribution is 6.09. The highest BCUT2D eigenvalue weighted by Gasteiger charge is 2.25. The molecule has 1 amide bonds. The number of carbonyl (C=O) groups excluding carboxylic acids is 1. The number of aromatic amines is 1. The third-order valence-corrected chi connectivity index (χ3v) is 4.54. The molecule has 1 aromatic carbocycles. The van der Waals surface area contributed by atoms with E-state index in [9.17, 15) is 4.79 Å². The number of benzene rings is 1. The van der Waals surface area contributed by atoms with Crippen molar-refractivity contribution in [2.45, 2.75) is 20.8 Å². The lowest BCUT2D eigenvalue weighted by Crippen LogP contribution is -2.48. The highest BCUT2D eigenvalue weighted by Crippen LogP contribution is 2.26. The Kier molecular flexibility index (Phi) is 3.72. The molecule has 0 bridgehead atoms. The second-order valence-corrected chi connectivity index (χ2v) is 5.85. The number of hydrogen-bond donors (Lipinski definition) is 1. The van der Waals surface area contributed by atoms with Gasteiger partial charge in [0.05, 0.1) is 5.56 Å². The lowest BCUT2D eigenvalue weighted by atomic mass is 10.0. The normalized spacial score (nSPS) is 16.6. The smallest absolute Gasteiger partial charge is 0.256 e. The molecular formula is C17H23N3O. The Morgan fingerprint density at radius 3 is 2.57 bits per heavy atom. The van der Waals surface area contributed by atoms with Crippen LogP contribution in [0.4, 0.5) is 0 Å². The Morgan fingerprint density at radius 2 is 1.90 bits per heavy atom. The summed E-state index contributed by atoms with van der Waals surface area (Å²) in [6, 6.07) is 6.14. The van der Waals surface area contributed by atoms with E-state index in [1.165, 1.54) is 0 Å². The fraction of sp³-hybridized carbons (Fsp3) is 0.471. The summed E-state index contributed by atoms with van der Waals surface area (Å²) in [6.45, 7) is 10.9. The van der Waals surface area contributed by atoms with Crippen LogP contribution >= 0.6 is 0 Å². The Morgan fingerprint density at radius 1 is 1.19 bits per heavy atom. The minimum absolute atomic E-state index is 0.170. The number of piperazine rings is 1. The van der Waals surface area contributed by atoms with E-state index in [0.717, 1.165) is 60.4 Å². The molecule has 2 heterocycles. The number of likely N-dealkylation sites (N-methyl/N-ethyl adjacent to an activating group) is 1. The van der Waals surface area contributed by atoms with Gasteiger partial charge in [-0.1, -0.05) is 19.1 Å². The van der Waals surface area contributed by atoms with Crippen LogP contribution in [0.3, 0.4) is 0 Å². The monoisotopic (exact) mass is 285 g/mol. The molecular weight excluding hydrogens is 262 g/mol. The molecule has 1 aliphatic heterocycles. The Labute approximate surface area is 125 Å². The van der Waals surface area contributed by atoms with Gasteiger partial charge in [-0.15, -0.1) is 0 Å². The van der Waals surface area contributed by atoms with E-state index in [1.54, 1.807) is 0 Å². The topological polar surface area (TPSA) is 39.3 Å². The van der Waals surface area contributed by atoms with Gasteiger partial charge >= 0.3 is 0 Å². The molecule has 4 nitrogen and oxygen atoms in total. The Hall–Kier alpha value is -1.81. The first-order chi connectivity index (χ1) is 10.1. The number of hydrogen-bond acceptors (Lipinski definition) is 2. The standard InChI is InChI=1S/C17H23N3O/c1-4-19-8-10-20(11-9-19)17(21)16-13(3)18-14-7-5-6-12(2)15(14)16/h5-7,18H,4,8-11H2,1-3H3. The quantitative estimate of drug-likeness (QED) is 0.921. The summed E-state index contributed by atoms with van der Waals surface area (Å²) < 4.78 is 0. The number of amides is 1. The first-order valence-corrected chi connectivity index (χ1v) is 7.71. The molecule has 0 saturated carbocycles. The lowest BCUT2D eigenvalue weighted by Gasteiger charge is -2.34. The molecule has 112 valence electrons. The molecule has 0 aliphatic carbocycles. The summed E-state index contributed by atoms with van der Waals surface area (Å²) in [5, 5.41) is 1.08. The van der Waals surface area contributed by atoms with E-state index < -0.39 is 0 Å². The maximum Gasteiger partial charge on any atom is 0.256 e. The van der Waals surface area contributed by atoms with Gasteiger partial charge in [-0.05, 0) is 32.0 Å². The van der Waals surface area contributed by atoms with Crippen molar-refractivity contribution in [1.29, 1.82) is 0 Å². The van der Waals surface area contributed by atoms with Gasteiger partial charge in [-0.2, -0.15) is 0 Å². The zero-order chi connectivity index (χ0) is 15.0. The van der Waals surface area contributed by atoms with Crippen LogP contribution in [0.15, 0.2) is 18.2 Å². The van der Waals surface area contributed by atoms with Gasteiger partial charge in [0.1, 0.15) is 0 Å². The summed E-state index contributed by atoms with van der Waals surface area (Å²) in [4.78, 5) is 20.7. The number of aromatic nitrogens is 1. The zero-order valence-corrected chi connectivity index (χ0v) is 13.1. The molecule has 0 unspecified atom stereocenters. The fourth-order valence-electron chi connectivity index (χ4n) is 3.25. The van der Waals surface area contributed by atoms with Crippen molar-refractivity contribution in [2.75, 3.05) is 32.7 Å². The molecule has 0 radical (unpaired) electrons. The predicted molar refractivity (Wildman–Crippen MR) is 85.8 cm³/mol.